The summed E-state index contributed by atoms with van der Waals surface area (Å²) in [7, 11) is 0. The summed E-state index contributed by atoms with van der Waals surface area (Å²) in [5.74, 6) is 1.56. The van der Waals surface area contributed by atoms with Gasteiger partial charge in [0.25, 0.3) is 0 Å². The molecule has 0 bridgehead atoms. The van der Waals surface area contributed by atoms with E-state index in [0.29, 0.717) is 12.0 Å². The summed E-state index contributed by atoms with van der Waals surface area (Å²) in [6, 6.07) is 8.30. The van der Waals surface area contributed by atoms with Gasteiger partial charge in [0, 0.05) is 17.0 Å². The van der Waals surface area contributed by atoms with E-state index in [9.17, 15) is 4.79 Å². The zero-order valence-electron chi connectivity index (χ0n) is 12.6. The molecule has 2 fully saturated rings. The van der Waals surface area contributed by atoms with E-state index in [0.717, 1.165) is 35.8 Å². The summed E-state index contributed by atoms with van der Waals surface area (Å²) in [6.07, 6.45) is 7.04. The van der Waals surface area contributed by atoms with E-state index in [1.165, 1.54) is 19.3 Å². The topological polar surface area (TPSA) is 29.1 Å². The van der Waals surface area contributed by atoms with E-state index in [2.05, 4.69) is 12.2 Å². The summed E-state index contributed by atoms with van der Waals surface area (Å²) in [5.41, 5.74) is 1.13. The standard InChI is InChI=1S/C18H24ClNO/c1-2-12-7-9-13(10-8-12)20-18(21)16-11-15(16)14-5-3-4-6-17(14)19/h3-6,12-13,15-16H,2,7-11H2,1H3,(H,20,21). The molecule has 0 heterocycles. The highest BCUT2D eigenvalue weighted by molar-refractivity contribution is 6.31. The predicted octanol–water partition coefficient (Wildman–Crippen LogP) is 4.53. The van der Waals surface area contributed by atoms with Crippen molar-refractivity contribution in [3.05, 3.63) is 34.9 Å². The van der Waals surface area contributed by atoms with Crippen molar-refractivity contribution in [3.63, 3.8) is 0 Å². The van der Waals surface area contributed by atoms with Crippen LogP contribution >= 0.6 is 11.6 Å². The highest BCUT2D eigenvalue weighted by Gasteiger charge is 2.45. The first-order chi connectivity index (χ1) is 10.2. The van der Waals surface area contributed by atoms with Gasteiger partial charge in [-0.3, -0.25) is 4.79 Å². The lowest BCUT2D eigenvalue weighted by molar-refractivity contribution is -0.123. The summed E-state index contributed by atoms with van der Waals surface area (Å²) in [6.45, 7) is 2.27. The Balaban J connectivity index is 1.51. The zero-order valence-corrected chi connectivity index (χ0v) is 13.4. The molecule has 2 aliphatic carbocycles. The highest BCUT2D eigenvalue weighted by Crippen LogP contribution is 2.49. The van der Waals surface area contributed by atoms with Gasteiger partial charge in [-0.15, -0.1) is 0 Å². The molecule has 0 radical (unpaired) electrons. The molecule has 1 N–H and O–H groups in total. The van der Waals surface area contributed by atoms with Crippen LogP contribution in [-0.4, -0.2) is 11.9 Å². The van der Waals surface area contributed by atoms with Crippen molar-refractivity contribution in [2.75, 3.05) is 0 Å². The van der Waals surface area contributed by atoms with Crippen LogP contribution in [-0.2, 0) is 4.79 Å². The number of hydrogen-bond acceptors (Lipinski definition) is 1. The molecule has 1 aromatic rings. The van der Waals surface area contributed by atoms with Crippen LogP contribution in [0.4, 0.5) is 0 Å². The van der Waals surface area contributed by atoms with Gasteiger partial charge in [-0.05, 0) is 55.6 Å². The largest absolute Gasteiger partial charge is 0.353 e. The molecular formula is C18H24ClNO. The lowest BCUT2D eigenvalue weighted by atomic mass is 9.84. The van der Waals surface area contributed by atoms with Crippen molar-refractivity contribution >= 4 is 17.5 Å². The van der Waals surface area contributed by atoms with Crippen LogP contribution in [0.5, 0.6) is 0 Å². The SMILES string of the molecule is CCC1CCC(NC(=O)C2CC2c2ccccc2Cl)CC1. The Labute approximate surface area is 132 Å². The smallest absolute Gasteiger partial charge is 0.223 e. The second-order valence-electron chi connectivity index (χ2n) is 6.60. The molecule has 2 atom stereocenters. The lowest BCUT2D eigenvalue weighted by Gasteiger charge is -2.28. The number of benzene rings is 1. The number of halogens is 1. The second kappa shape index (κ2) is 6.39. The molecule has 0 saturated heterocycles. The van der Waals surface area contributed by atoms with E-state index in [1.807, 2.05) is 24.3 Å². The molecule has 3 heteroatoms. The minimum absolute atomic E-state index is 0.133. The molecular weight excluding hydrogens is 282 g/mol. The third kappa shape index (κ3) is 3.42. The van der Waals surface area contributed by atoms with Gasteiger partial charge in [-0.1, -0.05) is 43.1 Å². The predicted molar refractivity (Wildman–Crippen MR) is 86.5 cm³/mol. The van der Waals surface area contributed by atoms with Gasteiger partial charge in [0.15, 0.2) is 0 Å². The number of amides is 1. The summed E-state index contributed by atoms with van der Waals surface area (Å²) in [4.78, 5) is 12.4. The van der Waals surface area contributed by atoms with Crippen LogP contribution in [0.1, 0.15) is 56.9 Å². The maximum Gasteiger partial charge on any atom is 0.223 e. The minimum atomic E-state index is 0.133. The van der Waals surface area contributed by atoms with Crippen LogP contribution < -0.4 is 5.32 Å². The van der Waals surface area contributed by atoms with Crippen molar-refractivity contribution in [3.8, 4) is 0 Å². The molecule has 3 rings (SSSR count). The molecule has 2 unspecified atom stereocenters. The van der Waals surface area contributed by atoms with Crippen molar-refractivity contribution < 1.29 is 4.79 Å². The maximum absolute atomic E-state index is 12.4. The Morgan fingerprint density at radius 2 is 1.95 bits per heavy atom. The van der Waals surface area contributed by atoms with Crippen LogP contribution in [0.15, 0.2) is 24.3 Å². The Hall–Kier alpha value is -1.02. The maximum atomic E-state index is 12.4. The number of rotatable bonds is 4. The number of carbonyl (C=O) groups is 1. The Morgan fingerprint density at radius 3 is 2.62 bits per heavy atom. The van der Waals surface area contributed by atoms with Gasteiger partial charge < -0.3 is 5.32 Å². The average Bonchev–Trinajstić information content (AvgIpc) is 3.29. The molecule has 1 aromatic carbocycles. The second-order valence-corrected chi connectivity index (χ2v) is 7.01. The fraction of sp³-hybridized carbons (Fsp3) is 0.611. The van der Waals surface area contributed by atoms with Crippen molar-refractivity contribution in [1.29, 1.82) is 0 Å². The normalized spacial score (nSPS) is 31.7. The quantitative estimate of drug-likeness (QED) is 0.870. The van der Waals surface area contributed by atoms with Crippen LogP contribution in [0, 0.1) is 11.8 Å². The monoisotopic (exact) mass is 305 g/mol. The van der Waals surface area contributed by atoms with E-state index >= 15 is 0 Å². The average molecular weight is 306 g/mol. The van der Waals surface area contributed by atoms with E-state index < -0.39 is 0 Å². The summed E-state index contributed by atoms with van der Waals surface area (Å²) < 4.78 is 0. The van der Waals surface area contributed by atoms with Crippen LogP contribution in [0.3, 0.4) is 0 Å². The van der Waals surface area contributed by atoms with Crippen molar-refractivity contribution in [1.82, 2.24) is 5.32 Å². The van der Waals surface area contributed by atoms with Crippen molar-refractivity contribution in [2.45, 2.75) is 57.4 Å². The van der Waals surface area contributed by atoms with E-state index in [4.69, 9.17) is 11.6 Å². The molecule has 114 valence electrons. The molecule has 0 aromatic heterocycles. The first-order valence-electron chi connectivity index (χ1n) is 8.23. The number of carbonyl (C=O) groups excluding carboxylic acids is 1. The van der Waals surface area contributed by atoms with Gasteiger partial charge in [0.1, 0.15) is 0 Å². The van der Waals surface area contributed by atoms with Crippen molar-refractivity contribution in [2.24, 2.45) is 11.8 Å². The Bertz CT molecular complexity index is 508. The fourth-order valence-electron chi connectivity index (χ4n) is 3.63. The molecule has 0 aliphatic heterocycles. The van der Waals surface area contributed by atoms with Gasteiger partial charge in [-0.25, -0.2) is 0 Å². The number of nitrogens with one attached hydrogen (secondary N) is 1. The highest BCUT2D eigenvalue weighted by atomic mass is 35.5. The van der Waals surface area contributed by atoms with E-state index in [1.54, 1.807) is 0 Å². The van der Waals surface area contributed by atoms with Crippen LogP contribution in [0.2, 0.25) is 5.02 Å². The molecule has 1 amide bonds. The Kier molecular flexibility index (Phi) is 4.54. The molecule has 2 saturated carbocycles. The zero-order chi connectivity index (χ0) is 14.8. The number of hydrogen-bond donors (Lipinski definition) is 1. The Morgan fingerprint density at radius 1 is 1.24 bits per heavy atom. The first-order valence-corrected chi connectivity index (χ1v) is 8.61. The molecule has 2 nitrogen and oxygen atoms in total. The van der Waals surface area contributed by atoms with Gasteiger partial charge >= 0.3 is 0 Å². The lowest BCUT2D eigenvalue weighted by Crippen LogP contribution is -2.38. The fourth-order valence-corrected chi connectivity index (χ4v) is 3.90. The van der Waals surface area contributed by atoms with Gasteiger partial charge in [0.05, 0.1) is 0 Å². The third-order valence-electron chi connectivity index (χ3n) is 5.20. The van der Waals surface area contributed by atoms with E-state index in [-0.39, 0.29) is 11.8 Å². The van der Waals surface area contributed by atoms with Crippen LogP contribution in [0.25, 0.3) is 0 Å². The molecule has 2 aliphatic rings. The first kappa shape index (κ1) is 14.9. The minimum Gasteiger partial charge on any atom is -0.353 e. The van der Waals surface area contributed by atoms with Gasteiger partial charge in [0.2, 0.25) is 5.91 Å². The van der Waals surface area contributed by atoms with Gasteiger partial charge in [-0.2, -0.15) is 0 Å². The molecule has 0 spiro atoms. The summed E-state index contributed by atoms with van der Waals surface area (Å²) in [5, 5.41) is 4.06. The molecule has 21 heavy (non-hydrogen) atoms. The third-order valence-corrected chi connectivity index (χ3v) is 5.55. The summed E-state index contributed by atoms with van der Waals surface area (Å²) >= 11 is 6.22.